The topological polar surface area (TPSA) is 24.9 Å². The van der Waals surface area contributed by atoms with Crippen LogP contribution in [0.25, 0.3) is 10.9 Å². The van der Waals surface area contributed by atoms with Crippen molar-refractivity contribution in [2.24, 2.45) is 0 Å². The van der Waals surface area contributed by atoms with E-state index >= 15 is 0 Å². The molecule has 0 atom stereocenters. The van der Waals surface area contributed by atoms with Gasteiger partial charge >= 0.3 is 0 Å². The molecule has 1 N–H and O–H groups in total. The van der Waals surface area contributed by atoms with E-state index < -0.39 is 0 Å². The number of pyridine rings is 1. The van der Waals surface area contributed by atoms with Crippen LogP contribution < -0.4 is 5.32 Å². The van der Waals surface area contributed by atoms with Gasteiger partial charge < -0.3 is 5.32 Å². The van der Waals surface area contributed by atoms with Crippen molar-refractivity contribution in [3.63, 3.8) is 0 Å². The van der Waals surface area contributed by atoms with Gasteiger partial charge in [0.2, 0.25) is 0 Å². The molecule has 2 nitrogen and oxygen atoms in total. The van der Waals surface area contributed by atoms with Gasteiger partial charge in [0.1, 0.15) is 5.82 Å². The Kier molecular flexibility index (Phi) is 4.08. The Bertz CT molecular complexity index is 787. The van der Waals surface area contributed by atoms with E-state index in [0.29, 0.717) is 17.3 Å². The molecule has 0 unspecified atom stereocenters. The largest absolute Gasteiger partial charge is 0.377 e. The van der Waals surface area contributed by atoms with Gasteiger partial charge in [0.05, 0.1) is 16.2 Å². The Morgan fingerprint density at radius 2 is 2.00 bits per heavy atom. The number of rotatable bonds is 3. The van der Waals surface area contributed by atoms with Crippen molar-refractivity contribution in [1.29, 1.82) is 0 Å². The van der Waals surface area contributed by atoms with Crippen LogP contribution in [0.4, 0.5) is 10.1 Å². The van der Waals surface area contributed by atoms with E-state index in [-0.39, 0.29) is 5.82 Å². The zero-order chi connectivity index (χ0) is 14.8. The van der Waals surface area contributed by atoms with Gasteiger partial charge in [-0.3, -0.25) is 4.98 Å². The van der Waals surface area contributed by atoms with Crippen molar-refractivity contribution in [2.45, 2.75) is 6.54 Å². The van der Waals surface area contributed by atoms with E-state index in [1.165, 1.54) is 6.07 Å². The molecular formula is C16H11BrClFN2. The second-order valence-electron chi connectivity index (χ2n) is 4.56. The predicted octanol–water partition coefficient (Wildman–Crippen LogP) is 5.40. The molecule has 0 aliphatic rings. The van der Waals surface area contributed by atoms with Gasteiger partial charge in [0, 0.05) is 22.6 Å². The molecule has 21 heavy (non-hydrogen) atoms. The summed E-state index contributed by atoms with van der Waals surface area (Å²) in [6.45, 7) is 0.446. The SMILES string of the molecule is Fc1cccc(Cl)c1NCc1ccc(Br)c2cccnc12. The maximum Gasteiger partial charge on any atom is 0.147 e. The summed E-state index contributed by atoms with van der Waals surface area (Å²) in [6, 6.07) is 12.4. The van der Waals surface area contributed by atoms with Crippen LogP contribution in [0.5, 0.6) is 0 Å². The van der Waals surface area contributed by atoms with Crippen molar-refractivity contribution in [3.8, 4) is 0 Å². The van der Waals surface area contributed by atoms with Gasteiger partial charge in [-0.25, -0.2) is 4.39 Å². The summed E-state index contributed by atoms with van der Waals surface area (Å²) in [6.07, 6.45) is 1.74. The van der Waals surface area contributed by atoms with Crippen LogP contribution in [0.15, 0.2) is 53.1 Å². The summed E-state index contributed by atoms with van der Waals surface area (Å²) in [5.74, 6) is -0.364. The fraction of sp³-hybridized carbons (Fsp3) is 0.0625. The van der Waals surface area contributed by atoms with Gasteiger partial charge in [0.15, 0.2) is 0 Å². The van der Waals surface area contributed by atoms with Gasteiger partial charge in [-0.1, -0.05) is 45.7 Å². The van der Waals surface area contributed by atoms with Crippen molar-refractivity contribution in [3.05, 3.63) is 69.5 Å². The summed E-state index contributed by atoms with van der Waals surface area (Å²) < 4.78 is 14.7. The lowest BCUT2D eigenvalue weighted by Gasteiger charge is -2.11. The van der Waals surface area contributed by atoms with Crippen molar-refractivity contribution in [1.82, 2.24) is 4.98 Å². The molecule has 0 aliphatic heterocycles. The zero-order valence-corrected chi connectivity index (χ0v) is 13.2. The molecule has 0 fully saturated rings. The number of halogens is 3. The first-order valence-electron chi connectivity index (χ1n) is 6.37. The molecular weight excluding hydrogens is 355 g/mol. The average molecular weight is 366 g/mol. The van der Waals surface area contributed by atoms with Crippen LogP contribution in [0.3, 0.4) is 0 Å². The van der Waals surface area contributed by atoms with E-state index in [9.17, 15) is 4.39 Å². The standard InChI is InChI=1S/C16H11BrClFN2/c17-12-7-6-10(15-11(12)3-2-8-20-15)9-21-16-13(18)4-1-5-14(16)19/h1-8,21H,9H2. The molecule has 2 aromatic carbocycles. The third-order valence-electron chi connectivity index (χ3n) is 3.22. The number of benzene rings is 2. The molecule has 1 heterocycles. The summed E-state index contributed by atoms with van der Waals surface area (Å²) in [4.78, 5) is 4.40. The summed E-state index contributed by atoms with van der Waals surface area (Å²) in [5, 5.41) is 4.44. The Labute approximate surface area is 135 Å². The molecule has 0 radical (unpaired) electrons. The average Bonchev–Trinajstić information content (AvgIpc) is 2.49. The third kappa shape index (κ3) is 2.87. The summed E-state index contributed by atoms with van der Waals surface area (Å²) >= 11 is 9.52. The Hall–Kier alpha value is -1.65. The molecule has 1 aromatic heterocycles. The number of nitrogens with one attached hydrogen (secondary N) is 1. The lowest BCUT2D eigenvalue weighted by Crippen LogP contribution is -2.03. The maximum absolute atomic E-state index is 13.8. The number of fused-ring (bicyclic) bond motifs is 1. The van der Waals surface area contributed by atoms with E-state index in [1.54, 1.807) is 18.3 Å². The van der Waals surface area contributed by atoms with Crippen molar-refractivity contribution >= 4 is 44.1 Å². The molecule has 0 amide bonds. The second kappa shape index (κ2) is 6.00. The van der Waals surface area contributed by atoms with Gasteiger partial charge in [-0.15, -0.1) is 0 Å². The predicted molar refractivity (Wildman–Crippen MR) is 88.2 cm³/mol. The normalized spacial score (nSPS) is 10.8. The quantitative estimate of drug-likeness (QED) is 0.672. The fourth-order valence-electron chi connectivity index (χ4n) is 2.19. The molecule has 0 aliphatic carbocycles. The third-order valence-corrected chi connectivity index (χ3v) is 4.22. The minimum atomic E-state index is -0.364. The lowest BCUT2D eigenvalue weighted by molar-refractivity contribution is 0.630. The van der Waals surface area contributed by atoms with E-state index in [2.05, 4.69) is 26.2 Å². The second-order valence-corrected chi connectivity index (χ2v) is 5.82. The first-order chi connectivity index (χ1) is 10.2. The Balaban J connectivity index is 1.94. The van der Waals surface area contributed by atoms with Crippen LogP contribution in [-0.2, 0) is 6.54 Å². The first-order valence-corrected chi connectivity index (χ1v) is 7.54. The fourth-order valence-corrected chi connectivity index (χ4v) is 2.87. The van der Waals surface area contributed by atoms with Crippen LogP contribution in [0.1, 0.15) is 5.56 Å². The first kappa shape index (κ1) is 14.3. The molecule has 0 bridgehead atoms. The van der Waals surface area contributed by atoms with Crippen molar-refractivity contribution < 1.29 is 4.39 Å². The molecule has 0 spiro atoms. The highest BCUT2D eigenvalue weighted by molar-refractivity contribution is 9.10. The van der Waals surface area contributed by atoms with Crippen LogP contribution in [0.2, 0.25) is 5.02 Å². The maximum atomic E-state index is 13.8. The van der Waals surface area contributed by atoms with Crippen molar-refractivity contribution in [2.75, 3.05) is 5.32 Å². The molecule has 0 saturated heterocycles. The number of aromatic nitrogens is 1. The van der Waals surface area contributed by atoms with Crippen LogP contribution >= 0.6 is 27.5 Å². The number of anilines is 1. The molecule has 3 rings (SSSR count). The number of nitrogens with zero attached hydrogens (tertiary/aromatic N) is 1. The summed E-state index contributed by atoms with van der Waals surface area (Å²) in [5.41, 5.74) is 2.17. The highest BCUT2D eigenvalue weighted by Crippen LogP contribution is 2.28. The summed E-state index contributed by atoms with van der Waals surface area (Å²) in [7, 11) is 0. The molecule has 0 saturated carbocycles. The Morgan fingerprint density at radius 3 is 2.81 bits per heavy atom. The molecule has 5 heteroatoms. The molecule has 3 aromatic rings. The number of hydrogen-bond donors (Lipinski definition) is 1. The highest BCUT2D eigenvalue weighted by atomic mass is 79.9. The minimum Gasteiger partial charge on any atom is -0.377 e. The van der Waals surface area contributed by atoms with Crippen LogP contribution in [0, 0.1) is 5.82 Å². The minimum absolute atomic E-state index is 0.311. The zero-order valence-electron chi connectivity index (χ0n) is 10.9. The number of para-hydroxylation sites is 1. The van der Waals surface area contributed by atoms with Gasteiger partial charge in [-0.2, -0.15) is 0 Å². The van der Waals surface area contributed by atoms with Gasteiger partial charge in [-0.05, 0) is 29.8 Å². The van der Waals surface area contributed by atoms with E-state index in [4.69, 9.17) is 11.6 Å². The van der Waals surface area contributed by atoms with E-state index in [0.717, 1.165) is 20.9 Å². The van der Waals surface area contributed by atoms with Gasteiger partial charge in [0.25, 0.3) is 0 Å². The van der Waals surface area contributed by atoms with Crippen LogP contribution in [-0.4, -0.2) is 4.98 Å². The lowest BCUT2D eigenvalue weighted by atomic mass is 10.1. The van der Waals surface area contributed by atoms with E-state index in [1.807, 2.05) is 24.3 Å². The smallest absolute Gasteiger partial charge is 0.147 e. The molecule has 106 valence electrons. The Morgan fingerprint density at radius 1 is 1.14 bits per heavy atom. The number of hydrogen-bond acceptors (Lipinski definition) is 2. The monoisotopic (exact) mass is 364 g/mol. The highest BCUT2D eigenvalue weighted by Gasteiger charge is 2.09.